The van der Waals surface area contributed by atoms with E-state index in [0.717, 1.165) is 46.5 Å². The van der Waals surface area contributed by atoms with Crippen molar-refractivity contribution in [1.29, 1.82) is 0 Å². The highest BCUT2D eigenvalue weighted by molar-refractivity contribution is 6.03. The lowest BCUT2D eigenvalue weighted by Crippen LogP contribution is -2.21. The molecule has 0 bridgehead atoms. The lowest BCUT2D eigenvalue weighted by Gasteiger charge is -2.06. The molecular weight excluding hydrogens is 528 g/mol. The normalized spacial score (nSPS) is 14.6. The van der Waals surface area contributed by atoms with Crippen molar-refractivity contribution in [3.63, 3.8) is 0 Å². The van der Waals surface area contributed by atoms with Crippen molar-refractivity contribution in [2.24, 2.45) is 5.16 Å². The van der Waals surface area contributed by atoms with Crippen molar-refractivity contribution in [3.8, 4) is 22.5 Å². The van der Waals surface area contributed by atoms with Crippen LogP contribution in [0.2, 0.25) is 0 Å². The predicted octanol–water partition coefficient (Wildman–Crippen LogP) is 7.37. The number of aromatic amines is 1. The van der Waals surface area contributed by atoms with Crippen LogP contribution in [-0.4, -0.2) is 45.3 Å². The molecule has 3 N–H and O–H groups in total. The molecule has 222 valence electrons. The van der Waals surface area contributed by atoms with Gasteiger partial charge in [-0.15, -0.1) is 0 Å². The number of hydrogen-bond donors (Lipinski definition) is 3. The number of imidazole rings is 1. The van der Waals surface area contributed by atoms with Crippen LogP contribution in [-0.2, 0) is 14.4 Å². The molecule has 0 aliphatic carbocycles. The van der Waals surface area contributed by atoms with Crippen LogP contribution in [0.1, 0.15) is 88.7 Å². The Bertz CT molecular complexity index is 1340. The van der Waals surface area contributed by atoms with E-state index in [0.29, 0.717) is 12.3 Å². The van der Waals surface area contributed by atoms with Gasteiger partial charge in [-0.3, -0.25) is 4.79 Å². The molecule has 2 aromatic carbocycles. The Balaban J connectivity index is 1.21. The number of oxime groups is 1. The first kappa shape index (κ1) is 30.8. The smallest absolute Gasteiger partial charge is 0.348 e. The minimum Gasteiger partial charge on any atom is -0.478 e. The molecule has 1 aromatic heterocycles. The second-order valence-electron chi connectivity index (χ2n) is 10.8. The predicted molar refractivity (Wildman–Crippen MR) is 167 cm³/mol. The minimum atomic E-state index is -1.02. The fourth-order valence-corrected chi connectivity index (χ4v) is 5.05. The Labute approximate surface area is 248 Å². The summed E-state index contributed by atoms with van der Waals surface area (Å²) in [6.07, 6.45) is 17.2. The van der Waals surface area contributed by atoms with Crippen molar-refractivity contribution < 1.29 is 19.5 Å². The average Bonchev–Trinajstić information content (AvgIpc) is 3.70. The van der Waals surface area contributed by atoms with Gasteiger partial charge in [0, 0.05) is 30.2 Å². The molecule has 0 fully saturated rings. The van der Waals surface area contributed by atoms with Crippen LogP contribution < -0.4 is 5.32 Å². The number of aliphatic carboxylic acids is 1. The zero-order valence-electron chi connectivity index (χ0n) is 24.5. The van der Waals surface area contributed by atoms with Crippen LogP contribution in [0.25, 0.3) is 28.6 Å². The topological polar surface area (TPSA) is 117 Å². The van der Waals surface area contributed by atoms with Crippen LogP contribution in [0.3, 0.4) is 0 Å². The number of nitrogens with one attached hydrogen (secondary N) is 2. The van der Waals surface area contributed by atoms with Gasteiger partial charge in [-0.2, -0.15) is 0 Å². The molecule has 1 aliphatic heterocycles. The van der Waals surface area contributed by atoms with E-state index in [4.69, 9.17) is 9.94 Å². The fourth-order valence-electron chi connectivity index (χ4n) is 5.05. The summed E-state index contributed by atoms with van der Waals surface area (Å²) in [4.78, 5) is 36.1. The first-order chi connectivity index (χ1) is 20.5. The van der Waals surface area contributed by atoms with E-state index in [1.54, 1.807) is 12.4 Å². The number of unbranched alkanes of at least 4 members (excludes halogenated alkanes) is 9. The Kier molecular flexibility index (Phi) is 11.9. The highest BCUT2D eigenvalue weighted by Crippen LogP contribution is 2.30. The van der Waals surface area contributed by atoms with Gasteiger partial charge < -0.3 is 20.2 Å². The molecule has 2 heterocycles. The molecule has 1 amide bonds. The van der Waals surface area contributed by atoms with Crippen molar-refractivity contribution in [3.05, 3.63) is 72.1 Å². The molecule has 4 rings (SSSR count). The average molecular weight is 571 g/mol. The van der Waals surface area contributed by atoms with Crippen LogP contribution in [0.15, 0.2) is 66.1 Å². The van der Waals surface area contributed by atoms with Gasteiger partial charge in [-0.05, 0) is 23.6 Å². The third-order valence-corrected chi connectivity index (χ3v) is 7.53. The summed E-state index contributed by atoms with van der Waals surface area (Å²) < 4.78 is 0. The number of benzene rings is 2. The Hall–Kier alpha value is -4.20. The number of carboxylic acid groups (broad SMARTS) is 1. The number of carbonyl (C=O) groups excluding carboxylic acids is 1. The van der Waals surface area contributed by atoms with Gasteiger partial charge in [-0.1, -0.05) is 118 Å². The Morgan fingerprint density at radius 3 is 2.17 bits per heavy atom. The molecule has 42 heavy (non-hydrogen) atoms. The molecule has 0 radical (unpaired) electrons. The highest BCUT2D eigenvalue weighted by Gasteiger charge is 2.28. The van der Waals surface area contributed by atoms with Gasteiger partial charge in [0.15, 0.2) is 0 Å². The van der Waals surface area contributed by atoms with Gasteiger partial charge in [0.1, 0.15) is 0 Å². The van der Waals surface area contributed by atoms with E-state index < -0.39 is 12.1 Å². The molecular formula is C34H42N4O4. The van der Waals surface area contributed by atoms with Crippen LogP contribution in [0, 0.1) is 0 Å². The lowest BCUT2D eigenvalue weighted by atomic mass is 10.00. The van der Waals surface area contributed by atoms with Crippen LogP contribution in [0.4, 0.5) is 0 Å². The van der Waals surface area contributed by atoms with E-state index in [9.17, 15) is 9.59 Å². The molecule has 0 saturated heterocycles. The zero-order chi connectivity index (χ0) is 29.6. The lowest BCUT2D eigenvalue weighted by molar-refractivity contribution is -0.148. The van der Waals surface area contributed by atoms with E-state index in [2.05, 4.69) is 27.4 Å². The number of aromatic nitrogens is 2. The molecule has 0 saturated carbocycles. The van der Waals surface area contributed by atoms with Crippen LogP contribution in [0.5, 0.6) is 0 Å². The summed E-state index contributed by atoms with van der Waals surface area (Å²) in [6, 6.07) is 15.6. The van der Waals surface area contributed by atoms with Crippen LogP contribution >= 0.6 is 0 Å². The SMILES string of the molecule is CCCCCCCCCCCCNC(=O)/C=C/c1ccc(-c2[nH]cnc2-c2ccc(C3=NOC(C(=O)O)C3)cc2)cc1. The van der Waals surface area contributed by atoms with Gasteiger partial charge in [0.25, 0.3) is 0 Å². The van der Waals surface area contributed by atoms with Crippen molar-refractivity contribution in [2.45, 2.75) is 83.7 Å². The molecule has 8 heteroatoms. The molecule has 8 nitrogen and oxygen atoms in total. The minimum absolute atomic E-state index is 0.0667. The zero-order valence-corrected chi connectivity index (χ0v) is 24.5. The maximum Gasteiger partial charge on any atom is 0.348 e. The van der Waals surface area contributed by atoms with Crippen molar-refractivity contribution >= 4 is 23.7 Å². The summed E-state index contributed by atoms with van der Waals surface area (Å²) >= 11 is 0. The monoisotopic (exact) mass is 570 g/mol. The molecule has 0 spiro atoms. The van der Waals surface area contributed by atoms with E-state index in [-0.39, 0.29) is 12.3 Å². The molecule has 1 unspecified atom stereocenters. The van der Waals surface area contributed by atoms with E-state index in [1.165, 1.54) is 51.4 Å². The summed E-state index contributed by atoms with van der Waals surface area (Å²) in [5.74, 6) is -1.08. The number of nitrogens with zero attached hydrogens (tertiary/aromatic N) is 2. The number of carboxylic acids is 1. The van der Waals surface area contributed by atoms with Crippen molar-refractivity contribution in [1.82, 2.24) is 15.3 Å². The fraction of sp³-hybridized carbons (Fsp3) is 0.412. The number of carbonyl (C=O) groups is 2. The summed E-state index contributed by atoms with van der Waals surface area (Å²) in [6.45, 7) is 2.97. The van der Waals surface area contributed by atoms with E-state index in [1.807, 2.05) is 54.6 Å². The third-order valence-electron chi connectivity index (χ3n) is 7.53. The van der Waals surface area contributed by atoms with Gasteiger partial charge in [0.2, 0.25) is 12.0 Å². The Morgan fingerprint density at radius 1 is 0.905 bits per heavy atom. The molecule has 1 aliphatic rings. The maximum absolute atomic E-state index is 12.2. The molecule has 3 aromatic rings. The van der Waals surface area contributed by atoms with Crippen molar-refractivity contribution in [2.75, 3.05) is 6.54 Å². The van der Waals surface area contributed by atoms with Gasteiger partial charge in [-0.25, -0.2) is 9.78 Å². The van der Waals surface area contributed by atoms with Gasteiger partial charge >= 0.3 is 5.97 Å². The summed E-state index contributed by atoms with van der Waals surface area (Å²) in [7, 11) is 0. The second-order valence-corrected chi connectivity index (χ2v) is 10.8. The number of hydrogen-bond acceptors (Lipinski definition) is 5. The largest absolute Gasteiger partial charge is 0.478 e. The highest BCUT2D eigenvalue weighted by atomic mass is 16.7. The standard InChI is InChI=1S/C34H42N4O4/c1-2-3-4-5-6-7-8-9-10-11-22-35-31(39)21-14-25-12-15-27(16-13-25)32-33(37-24-36-32)28-19-17-26(18-20-28)29-23-30(34(40)41)42-38-29/h12-21,24,30H,2-11,22-23H2,1H3,(H,35,39)(H,36,37)(H,40,41)/b21-14+. The number of amides is 1. The quantitative estimate of drug-likeness (QED) is 0.116. The number of H-pyrrole nitrogens is 1. The summed E-state index contributed by atoms with van der Waals surface area (Å²) in [5, 5.41) is 16.0. The van der Waals surface area contributed by atoms with Gasteiger partial charge in [0.05, 0.1) is 23.4 Å². The first-order valence-electron chi connectivity index (χ1n) is 15.2. The third kappa shape index (κ3) is 9.16. The second kappa shape index (κ2) is 16.3. The first-order valence-corrected chi connectivity index (χ1v) is 15.2. The number of rotatable bonds is 17. The Morgan fingerprint density at radius 2 is 1.52 bits per heavy atom. The molecule has 1 atom stereocenters. The summed E-state index contributed by atoms with van der Waals surface area (Å²) in [5.41, 5.74) is 5.98. The van der Waals surface area contributed by atoms with E-state index >= 15 is 0 Å². The maximum atomic E-state index is 12.2.